The van der Waals surface area contributed by atoms with Gasteiger partial charge in [0.15, 0.2) is 5.78 Å². The van der Waals surface area contributed by atoms with Crippen LogP contribution in [-0.2, 0) is 9.53 Å². The summed E-state index contributed by atoms with van der Waals surface area (Å²) in [5, 5.41) is 0. The molecule has 2 heteroatoms. The lowest BCUT2D eigenvalue weighted by Crippen LogP contribution is -2.27. The van der Waals surface area contributed by atoms with Crippen LogP contribution in [0.2, 0.25) is 0 Å². The van der Waals surface area contributed by atoms with E-state index in [1.165, 1.54) is 11.1 Å². The first-order chi connectivity index (χ1) is 9.55. The van der Waals surface area contributed by atoms with Crippen molar-refractivity contribution >= 4 is 5.78 Å². The lowest BCUT2D eigenvalue weighted by atomic mass is 9.70. The number of hydrogen-bond acceptors (Lipinski definition) is 2. The van der Waals surface area contributed by atoms with Gasteiger partial charge in [-0.25, -0.2) is 0 Å². The van der Waals surface area contributed by atoms with Crippen LogP contribution >= 0.6 is 0 Å². The van der Waals surface area contributed by atoms with Gasteiger partial charge in [-0.1, -0.05) is 42.8 Å². The van der Waals surface area contributed by atoms with E-state index in [0.29, 0.717) is 13.0 Å². The molecule has 1 aliphatic rings. The maximum atomic E-state index is 11.5. The molecule has 2 nitrogen and oxygen atoms in total. The van der Waals surface area contributed by atoms with E-state index < -0.39 is 0 Å². The summed E-state index contributed by atoms with van der Waals surface area (Å²) in [5.41, 5.74) is 2.47. The molecule has 0 N–H and O–H groups in total. The van der Waals surface area contributed by atoms with Crippen molar-refractivity contribution in [2.24, 2.45) is 5.41 Å². The summed E-state index contributed by atoms with van der Waals surface area (Å²) in [6, 6.07) is 10.4. The van der Waals surface area contributed by atoms with Gasteiger partial charge in [-0.15, -0.1) is 0 Å². The van der Waals surface area contributed by atoms with Crippen molar-refractivity contribution in [2.75, 3.05) is 6.61 Å². The second kappa shape index (κ2) is 6.36. The molecular weight excluding hydrogens is 248 g/mol. The van der Waals surface area contributed by atoms with E-state index in [1.807, 2.05) is 19.1 Å². The third kappa shape index (κ3) is 3.37. The van der Waals surface area contributed by atoms with Gasteiger partial charge in [0.2, 0.25) is 0 Å². The molecule has 1 aromatic carbocycles. The van der Waals surface area contributed by atoms with Gasteiger partial charge in [-0.3, -0.25) is 4.79 Å². The maximum absolute atomic E-state index is 11.5. The molecule has 0 aromatic heterocycles. The van der Waals surface area contributed by atoms with Crippen LogP contribution in [0.25, 0.3) is 0 Å². The van der Waals surface area contributed by atoms with Crippen molar-refractivity contribution in [3.63, 3.8) is 0 Å². The Hall–Kier alpha value is -1.41. The highest BCUT2D eigenvalue weighted by Gasteiger charge is 2.34. The summed E-state index contributed by atoms with van der Waals surface area (Å²) < 4.78 is 5.96. The highest BCUT2D eigenvalue weighted by molar-refractivity contribution is 5.91. The van der Waals surface area contributed by atoms with Crippen molar-refractivity contribution in [1.29, 1.82) is 0 Å². The molecule has 0 spiro atoms. The minimum Gasteiger partial charge on any atom is -0.374 e. The van der Waals surface area contributed by atoms with Crippen LogP contribution in [0.5, 0.6) is 0 Å². The summed E-state index contributed by atoms with van der Waals surface area (Å²) in [6.07, 6.45) is 4.42. The number of allylic oxidation sites excluding steroid dienone is 2. The summed E-state index contributed by atoms with van der Waals surface area (Å²) in [6.45, 7) is 7.06. The van der Waals surface area contributed by atoms with E-state index in [0.717, 1.165) is 12.8 Å². The molecule has 2 atom stereocenters. The third-order valence-corrected chi connectivity index (χ3v) is 4.43. The van der Waals surface area contributed by atoms with Crippen LogP contribution in [0.4, 0.5) is 0 Å². The zero-order valence-electron chi connectivity index (χ0n) is 12.7. The predicted octanol–water partition coefficient (Wildman–Crippen LogP) is 4.47. The average molecular weight is 272 g/mol. The maximum Gasteiger partial charge on any atom is 0.155 e. The minimum absolute atomic E-state index is 0.0591. The van der Waals surface area contributed by atoms with E-state index in [1.54, 1.807) is 0 Å². The third-order valence-electron chi connectivity index (χ3n) is 4.43. The Morgan fingerprint density at radius 1 is 1.30 bits per heavy atom. The summed E-state index contributed by atoms with van der Waals surface area (Å²) >= 11 is 0. The summed E-state index contributed by atoms with van der Waals surface area (Å²) in [7, 11) is 0. The number of carbonyl (C=O) groups is 1. The number of ether oxygens (including phenoxy) is 1. The largest absolute Gasteiger partial charge is 0.374 e. The number of benzene rings is 1. The van der Waals surface area contributed by atoms with E-state index in [2.05, 4.69) is 38.1 Å². The molecule has 108 valence electrons. The van der Waals surface area contributed by atoms with Gasteiger partial charge in [0.1, 0.15) is 0 Å². The first kappa shape index (κ1) is 15.0. The molecule has 0 bridgehead atoms. The van der Waals surface area contributed by atoms with Crippen LogP contribution in [0.1, 0.15) is 51.7 Å². The van der Waals surface area contributed by atoms with Crippen molar-refractivity contribution in [1.82, 2.24) is 0 Å². The second-order valence-corrected chi connectivity index (χ2v) is 5.91. The van der Waals surface area contributed by atoms with Gasteiger partial charge in [0.25, 0.3) is 0 Å². The van der Waals surface area contributed by atoms with Gasteiger partial charge >= 0.3 is 0 Å². The molecule has 1 aliphatic carbocycles. The topological polar surface area (TPSA) is 26.3 Å². The molecule has 0 aliphatic heterocycles. The van der Waals surface area contributed by atoms with E-state index in [4.69, 9.17) is 4.74 Å². The van der Waals surface area contributed by atoms with Crippen molar-refractivity contribution < 1.29 is 9.53 Å². The lowest BCUT2D eigenvalue weighted by molar-refractivity contribution is -0.116. The first-order valence-electron chi connectivity index (χ1n) is 7.43. The van der Waals surface area contributed by atoms with Crippen LogP contribution in [0, 0.1) is 5.41 Å². The summed E-state index contributed by atoms with van der Waals surface area (Å²) in [4.78, 5) is 11.5. The van der Waals surface area contributed by atoms with E-state index >= 15 is 0 Å². The van der Waals surface area contributed by atoms with Crippen molar-refractivity contribution in [3.8, 4) is 0 Å². The highest BCUT2D eigenvalue weighted by Crippen LogP contribution is 2.43. The van der Waals surface area contributed by atoms with E-state index in [-0.39, 0.29) is 17.3 Å². The van der Waals surface area contributed by atoms with Gasteiger partial charge in [0.05, 0.1) is 6.10 Å². The molecular formula is C18H24O2. The molecule has 1 aromatic rings. The van der Waals surface area contributed by atoms with Crippen LogP contribution in [0.3, 0.4) is 0 Å². The first-order valence-corrected chi connectivity index (χ1v) is 7.43. The second-order valence-electron chi connectivity index (χ2n) is 5.91. The van der Waals surface area contributed by atoms with Gasteiger partial charge in [-0.2, -0.15) is 0 Å². The van der Waals surface area contributed by atoms with Crippen LogP contribution < -0.4 is 0 Å². The normalized spacial score (nSPS) is 24.4. The monoisotopic (exact) mass is 272 g/mol. The van der Waals surface area contributed by atoms with Gasteiger partial charge < -0.3 is 4.74 Å². The number of ketones is 1. The molecule has 0 saturated carbocycles. The smallest absolute Gasteiger partial charge is 0.155 e. The number of rotatable bonds is 5. The molecule has 1 unspecified atom stereocenters. The molecule has 0 radical (unpaired) electrons. The molecule has 20 heavy (non-hydrogen) atoms. The Morgan fingerprint density at radius 3 is 2.60 bits per heavy atom. The minimum atomic E-state index is 0.0591. The lowest BCUT2D eigenvalue weighted by Gasteiger charge is -2.36. The zero-order valence-corrected chi connectivity index (χ0v) is 12.7. The van der Waals surface area contributed by atoms with Crippen molar-refractivity contribution in [3.05, 3.63) is 47.5 Å². The Morgan fingerprint density at radius 2 is 2.00 bits per heavy atom. The van der Waals surface area contributed by atoms with Gasteiger partial charge in [0, 0.05) is 13.0 Å². The van der Waals surface area contributed by atoms with Crippen LogP contribution in [0.15, 0.2) is 42.0 Å². The average Bonchev–Trinajstić information content (AvgIpc) is 2.44. The Labute approximate surface area is 121 Å². The van der Waals surface area contributed by atoms with Gasteiger partial charge in [-0.05, 0) is 43.7 Å². The fraction of sp³-hybridized carbons (Fsp3) is 0.500. The molecule has 0 saturated heterocycles. The predicted molar refractivity (Wildman–Crippen MR) is 81.5 cm³/mol. The van der Waals surface area contributed by atoms with E-state index in [9.17, 15) is 4.79 Å². The Kier molecular flexibility index (Phi) is 4.77. The molecule has 2 rings (SSSR count). The Bertz CT molecular complexity index is 489. The molecule has 0 heterocycles. The molecule has 0 amide bonds. The van der Waals surface area contributed by atoms with Crippen molar-refractivity contribution in [2.45, 2.75) is 46.1 Å². The molecule has 0 fully saturated rings. The highest BCUT2D eigenvalue weighted by atomic mass is 16.5. The summed E-state index contributed by atoms with van der Waals surface area (Å²) in [5.74, 6) is 0.257. The van der Waals surface area contributed by atoms with Crippen LogP contribution in [-0.4, -0.2) is 12.4 Å². The standard InChI is InChI=1S/C18H24O2/c1-4-20-17(15-8-6-5-7-9-15)13-18(3)11-10-16(19)12-14(18)2/h5-9,12,17H,4,10-11,13H2,1-3H3/t17-,18?/m1/s1. The number of carbonyl (C=O) groups excluding carboxylic acids is 1. The number of hydrogen-bond donors (Lipinski definition) is 0. The fourth-order valence-electron chi connectivity index (χ4n) is 2.90. The fourth-order valence-corrected chi connectivity index (χ4v) is 2.90. The SMILES string of the molecule is CCO[C@H](CC1(C)CCC(=O)C=C1C)c1ccccc1. The zero-order chi connectivity index (χ0) is 14.6. The Balaban J connectivity index is 2.20. The quantitative estimate of drug-likeness (QED) is 0.790.